The van der Waals surface area contributed by atoms with Crippen LogP contribution in [0.4, 0.5) is 0 Å². The fourth-order valence-electron chi connectivity index (χ4n) is 2.18. The molecule has 0 aromatic carbocycles. The normalized spacial score (nSPS) is 20.3. The first-order valence-electron chi connectivity index (χ1n) is 6.22. The largest absolute Gasteiger partial charge is 0.295 e. The maximum atomic E-state index is 12.2. The second kappa shape index (κ2) is 4.70. The summed E-state index contributed by atoms with van der Waals surface area (Å²) in [4.78, 5) is 27.9. The van der Waals surface area contributed by atoms with Crippen molar-refractivity contribution in [3.63, 3.8) is 0 Å². The van der Waals surface area contributed by atoms with E-state index < -0.39 is 0 Å². The monoisotopic (exact) mass is 275 g/mol. The fourth-order valence-corrected chi connectivity index (χ4v) is 3.15. The van der Waals surface area contributed by atoms with E-state index in [0.717, 1.165) is 19.3 Å². The molecule has 98 valence electrons. The highest BCUT2D eigenvalue weighted by molar-refractivity contribution is 7.14. The van der Waals surface area contributed by atoms with Gasteiger partial charge in [-0.05, 0) is 32.1 Å². The summed E-state index contributed by atoms with van der Waals surface area (Å²) in [6.07, 6.45) is 9.37. The zero-order valence-corrected chi connectivity index (χ0v) is 11.3. The molecule has 0 fully saturated rings. The van der Waals surface area contributed by atoms with Gasteiger partial charge < -0.3 is 0 Å². The van der Waals surface area contributed by atoms with Gasteiger partial charge >= 0.3 is 0 Å². The Kier molecular flexibility index (Phi) is 3.02. The molecular formula is C13H13N3O2S. The molecule has 1 unspecified atom stereocenters. The molecule has 1 aliphatic rings. The molecule has 1 atom stereocenters. The summed E-state index contributed by atoms with van der Waals surface area (Å²) in [5.41, 5.74) is -0.293. The molecule has 0 saturated carbocycles. The molecule has 6 heteroatoms. The number of aromatic nitrogens is 3. The molecular weight excluding hydrogens is 262 g/mol. The second-order valence-electron chi connectivity index (χ2n) is 4.68. The van der Waals surface area contributed by atoms with Crippen LogP contribution in [0.5, 0.6) is 0 Å². The molecule has 0 N–H and O–H groups in total. The van der Waals surface area contributed by atoms with Gasteiger partial charge in [0.1, 0.15) is 5.69 Å². The summed E-state index contributed by atoms with van der Waals surface area (Å²) in [7, 11) is 0. The first-order valence-corrected chi connectivity index (χ1v) is 7.04. The van der Waals surface area contributed by atoms with Crippen LogP contribution in [0.3, 0.4) is 0 Å². The van der Waals surface area contributed by atoms with E-state index in [-0.39, 0.29) is 16.8 Å². The van der Waals surface area contributed by atoms with Gasteiger partial charge in [0.25, 0.3) is 11.1 Å². The van der Waals surface area contributed by atoms with E-state index in [0.29, 0.717) is 15.4 Å². The van der Waals surface area contributed by atoms with Gasteiger partial charge in [-0.25, -0.2) is 0 Å². The number of hydrogen-bond acceptors (Lipinski definition) is 5. The molecule has 5 nitrogen and oxygen atoms in total. The van der Waals surface area contributed by atoms with Gasteiger partial charge in [0.05, 0.1) is 4.53 Å². The van der Waals surface area contributed by atoms with Crippen molar-refractivity contribution >= 4 is 22.4 Å². The minimum Gasteiger partial charge on any atom is -0.266 e. The van der Waals surface area contributed by atoms with Crippen molar-refractivity contribution in [2.24, 2.45) is 5.92 Å². The van der Waals surface area contributed by atoms with Gasteiger partial charge in [0, 0.05) is 0 Å². The van der Waals surface area contributed by atoms with Gasteiger partial charge in [-0.1, -0.05) is 29.6 Å². The van der Waals surface area contributed by atoms with Crippen molar-refractivity contribution in [2.75, 3.05) is 0 Å². The summed E-state index contributed by atoms with van der Waals surface area (Å²) < 4.78 is 1.86. The van der Waals surface area contributed by atoms with Crippen molar-refractivity contribution in [1.29, 1.82) is 0 Å². The predicted molar refractivity (Wildman–Crippen MR) is 74.3 cm³/mol. The van der Waals surface area contributed by atoms with E-state index in [1.165, 1.54) is 15.9 Å². The van der Waals surface area contributed by atoms with Gasteiger partial charge in [-0.3, -0.25) is 9.59 Å². The van der Waals surface area contributed by atoms with Gasteiger partial charge in [0.15, 0.2) is 0 Å². The van der Waals surface area contributed by atoms with Gasteiger partial charge in [0.2, 0.25) is 4.96 Å². The zero-order valence-electron chi connectivity index (χ0n) is 10.5. The molecule has 3 rings (SSSR count). The number of nitrogens with zero attached hydrogens (tertiary/aromatic N) is 3. The fraction of sp³-hybridized carbons (Fsp3) is 0.385. The third-order valence-electron chi connectivity index (χ3n) is 3.24. The van der Waals surface area contributed by atoms with E-state index >= 15 is 0 Å². The number of allylic oxidation sites excluding steroid dienone is 2. The minimum atomic E-state index is -0.367. The van der Waals surface area contributed by atoms with Crippen LogP contribution >= 0.6 is 11.3 Å². The number of thiazole rings is 1. The lowest BCUT2D eigenvalue weighted by molar-refractivity contribution is 0.612. The van der Waals surface area contributed by atoms with Crippen LogP contribution in [-0.4, -0.2) is 14.6 Å². The van der Waals surface area contributed by atoms with Gasteiger partial charge in [-0.2, -0.15) is 14.6 Å². The lowest BCUT2D eigenvalue weighted by Crippen LogP contribution is -2.27. The Bertz CT molecular complexity index is 819. The summed E-state index contributed by atoms with van der Waals surface area (Å²) in [6, 6.07) is 0. The number of aryl methyl sites for hydroxylation is 1. The number of rotatable bonds is 1. The van der Waals surface area contributed by atoms with Crippen molar-refractivity contribution in [2.45, 2.75) is 26.2 Å². The molecule has 0 aliphatic heterocycles. The minimum absolute atomic E-state index is 0.176. The Labute approximate surface area is 112 Å². The van der Waals surface area contributed by atoms with E-state index in [4.69, 9.17) is 0 Å². The maximum Gasteiger partial charge on any atom is 0.295 e. The molecule has 0 spiro atoms. The third-order valence-corrected chi connectivity index (χ3v) is 4.22. The first kappa shape index (κ1) is 12.2. The highest BCUT2D eigenvalue weighted by Gasteiger charge is 2.11. The van der Waals surface area contributed by atoms with E-state index in [2.05, 4.69) is 22.2 Å². The van der Waals surface area contributed by atoms with Crippen LogP contribution in [0.25, 0.3) is 11.0 Å². The lowest BCUT2D eigenvalue weighted by Gasteiger charge is -2.11. The van der Waals surface area contributed by atoms with Crippen molar-refractivity contribution in [3.05, 3.63) is 43.1 Å². The molecule has 0 amide bonds. The zero-order chi connectivity index (χ0) is 13.4. The Morgan fingerprint density at radius 2 is 2.26 bits per heavy atom. The standard InChI is InChI=1S/C13H13N3O2S/c1-8-11(17)14-13-16(15-8)12(18)10(19-13)7-9-5-3-2-4-6-9/h2-3,7,9H,4-6H2,1H3/b10-7-. The van der Waals surface area contributed by atoms with Crippen LogP contribution in [0.15, 0.2) is 21.7 Å². The first-order chi connectivity index (χ1) is 9.15. The SMILES string of the molecule is Cc1nn2c(=O)/c(=C/C3CC=CCC3)sc2nc1=O. The molecule has 2 aromatic heterocycles. The summed E-state index contributed by atoms with van der Waals surface area (Å²) in [6.45, 7) is 1.56. The highest BCUT2D eigenvalue weighted by Crippen LogP contribution is 2.19. The van der Waals surface area contributed by atoms with Crippen LogP contribution in [-0.2, 0) is 0 Å². The van der Waals surface area contributed by atoms with E-state index in [9.17, 15) is 9.59 Å². The van der Waals surface area contributed by atoms with Crippen LogP contribution in [0.2, 0.25) is 0 Å². The topological polar surface area (TPSA) is 64.3 Å². The van der Waals surface area contributed by atoms with Crippen molar-refractivity contribution in [3.8, 4) is 0 Å². The summed E-state index contributed by atoms with van der Waals surface area (Å²) >= 11 is 1.24. The number of hydrogen-bond donors (Lipinski definition) is 0. The molecule has 1 aliphatic carbocycles. The second-order valence-corrected chi connectivity index (χ2v) is 5.69. The van der Waals surface area contributed by atoms with E-state index in [1.54, 1.807) is 6.92 Å². The molecule has 19 heavy (non-hydrogen) atoms. The van der Waals surface area contributed by atoms with E-state index in [1.807, 2.05) is 6.08 Å². The maximum absolute atomic E-state index is 12.2. The third kappa shape index (κ3) is 2.23. The predicted octanol–water partition coefficient (Wildman–Crippen LogP) is 0.675. The Morgan fingerprint density at radius 1 is 1.42 bits per heavy atom. The van der Waals surface area contributed by atoms with Crippen molar-refractivity contribution < 1.29 is 0 Å². The highest BCUT2D eigenvalue weighted by atomic mass is 32.1. The molecule has 2 aromatic rings. The van der Waals surface area contributed by atoms with Crippen LogP contribution < -0.4 is 15.7 Å². The molecule has 2 heterocycles. The number of fused-ring (bicyclic) bond motifs is 1. The smallest absolute Gasteiger partial charge is 0.266 e. The molecule has 0 saturated heterocycles. The van der Waals surface area contributed by atoms with Crippen LogP contribution in [0.1, 0.15) is 25.0 Å². The Balaban J connectivity index is 2.17. The molecule has 0 radical (unpaired) electrons. The summed E-state index contributed by atoms with van der Waals surface area (Å²) in [5.74, 6) is 0.388. The van der Waals surface area contributed by atoms with Crippen molar-refractivity contribution in [1.82, 2.24) is 14.6 Å². The Hall–Kier alpha value is -1.82. The summed E-state index contributed by atoms with van der Waals surface area (Å²) in [5, 5.41) is 3.99. The average molecular weight is 275 g/mol. The Morgan fingerprint density at radius 3 is 3.00 bits per heavy atom. The van der Waals surface area contributed by atoms with Gasteiger partial charge in [-0.15, -0.1) is 0 Å². The molecule has 0 bridgehead atoms. The van der Waals surface area contributed by atoms with Crippen LogP contribution in [0, 0.1) is 12.8 Å². The average Bonchev–Trinajstić information content (AvgIpc) is 2.69. The quantitative estimate of drug-likeness (QED) is 0.718. The lowest BCUT2D eigenvalue weighted by atomic mass is 9.94.